The minimum absolute atomic E-state index is 0.157. The number of rotatable bonds is 0. The van der Waals surface area contributed by atoms with Gasteiger partial charge in [-0.2, -0.15) is 0 Å². The van der Waals surface area contributed by atoms with Crippen LogP contribution in [0.5, 0.6) is 0 Å². The summed E-state index contributed by atoms with van der Waals surface area (Å²) in [6.07, 6.45) is 4.72. The van der Waals surface area contributed by atoms with E-state index in [4.69, 9.17) is 5.21 Å². The SMILES string of the molecule is CC1(C)[C@@H]2CC/C(=N\O)[C@@]1(C)CC2. The summed E-state index contributed by atoms with van der Waals surface area (Å²) in [5.41, 5.74) is 1.52. The third-order valence-electron chi connectivity index (χ3n) is 4.92. The molecule has 0 heterocycles. The molecule has 0 aromatic carbocycles. The average molecular weight is 181 g/mol. The van der Waals surface area contributed by atoms with Gasteiger partial charge in [0.1, 0.15) is 0 Å². The van der Waals surface area contributed by atoms with Crippen LogP contribution in [-0.4, -0.2) is 10.9 Å². The highest BCUT2D eigenvalue weighted by Gasteiger charge is 2.56. The average Bonchev–Trinajstić information content (AvgIpc) is 2.24. The Morgan fingerprint density at radius 2 is 2.00 bits per heavy atom. The van der Waals surface area contributed by atoms with E-state index in [0.717, 1.165) is 18.1 Å². The van der Waals surface area contributed by atoms with Crippen LogP contribution >= 0.6 is 0 Å². The summed E-state index contributed by atoms with van der Waals surface area (Å²) < 4.78 is 0. The maximum Gasteiger partial charge on any atom is 0.0635 e. The maximum atomic E-state index is 9.00. The van der Waals surface area contributed by atoms with E-state index in [0.29, 0.717) is 5.41 Å². The van der Waals surface area contributed by atoms with Crippen molar-refractivity contribution in [2.75, 3.05) is 0 Å². The summed E-state index contributed by atoms with van der Waals surface area (Å²) in [7, 11) is 0. The predicted molar refractivity (Wildman–Crippen MR) is 53.1 cm³/mol. The van der Waals surface area contributed by atoms with Crippen molar-refractivity contribution in [3.05, 3.63) is 0 Å². The largest absolute Gasteiger partial charge is 0.411 e. The molecule has 2 heteroatoms. The molecule has 2 saturated carbocycles. The van der Waals surface area contributed by atoms with Gasteiger partial charge >= 0.3 is 0 Å². The van der Waals surface area contributed by atoms with Gasteiger partial charge in [0.05, 0.1) is 5.71 Å². The van der Waals surface area contributed by atoms with Crippen molar-refractivity contribution in [3.63, 3.8) is 0 Å². The lowest BCUT2D eigenvalue weighted by molar-refractivity contribution is 0.120. The van der Waals surface area contributed by atoms with E-state index < -0.39 is 0 Å². The van der Waals surface area contributed by atoms with Crippen molar-refractivity contribution in [1.82, 2.24) is 0 Å². The molecule has 2 fully saturated rings. The van der Waals surface area contributed by atoms with Gasteiger partial charge < -0.3 is 5.21 Å². The van der Waals surface area contributed by atoms with Crippen molar-refractivity contribution < 1.29 is 5.21 Å². The van der Waals surface area contributed by atoms with Crippen LogP contribution in [0.25, 0.3) is 0 Å². The molecule has 0 amide bonds. The molecule has 0 unspecified atom stereocenters. The molecule has 2 bridgehead atoms. The lowest BCUT2D eigenvalue weighted by atomic mass is 9.58. The predicted octanol–water partition coefficient (Wildman–Crippen LogP) is 3.05. The first-order valence-electron chi connectivity index (χ1n) is 5.24. The highest BCUT2D eigenvalue weighted by Crippen LogP contribution is 2.61. The van der Waals surface area contributed by atoms with Crippen molar-refractivity contribution in [1.29, 1.82) is 0 Å². The Balaban J connectivity index is 2.44. The van der Waals surface area contributed by atoms with Gasteiger partial charge in [0.25, 0.3) is 0 Å². The van der Waals surface area contributed by atoms with Crippen LogP contribution in [-0.2, 0) is 0 Å². The smallest absolute Gasteiger partial charge is 0.0635 e. The lowest BCUT2D eigenvalue weighted by Crippen LogP contribution is -2.44. The van der Waals surface area contributed by atoms with Crippen molar-refractivity contribution in [2.24, 2.45) is 21.9 Å². The first-order valence-corrected chi connectivity index (χ1v) is 5.24. The van der Waals surface area contributed by atoms with E-state index in [1.165, 1.54) is 19.3 Å². The monoisotopic (exact) mass is 181 g/mol. The van der Waals surface area contributed by atoms with Gasteiger partial charge in [-0.15, -0.1) is 0 Å². The zero-order valence-corrected chi connectivity index (χ0v) is 8.80. The Labute approximate surface area is 80.0 Å². The van der Waals surface area contributed by atoms with Gasteiger partial charge in [0.15, 0.2) is 0 Å². The molecule has 1 N–H and O–H groups in total. The Kier molecular flexibility index (Phi) is 1.73. The standard InChI is InChI=1S/C11H19NO/c1-10(2)8-4-5-9(12-13)11(10,3)7-6-8/h8,13H,4-7H2,1-3H3/b12-9+/t8-,11-/m1/s1. The van der Waals surface area contributed by atoms with E-state index >= 15 is 0 Å². The topological polar surface area (TPSA) is 32.6 Å². The van der Waals surface area contributed by atoms with Gasteiger partial charge in [0.2, 0.25) is 0 Å². The molecule has 0 aromatic heterocycles. The minimum Gasteiger partial charge on any atom is -0.411 e. The first kappa shape index (κ1) is 9.04. The molecule has 2 atom stereocenters. The Morgan fingerprint density at radius 1 is 1.31 bits per heavy atom. The second kappa shape index (κ2) is 2.49. The van der Waals surface area contributed by atoms with Crippen molar-refractivity contribution in [2.45, 2.75) is 46.5 Å². The van der Waals surface area contributed by atoms with Crippen LogP contribution in [0.1, 0.15) is 46.5 Å². The number of fused-ring (bicyclic) bond motifs is 2. The Morgan fingerprint density at radius 3 is 2.62 bits per heavy atom. The summed E-state index contributed by atoms with van der Waals surface area (Å²) in [4.78, 5) is 0. The molecule has 2 aliphatic carbocycles. The van der Waals surface area contributed by atoms with Crippen LogP contribution in [0.15, 0.2) is 5.16 Å². The van der Waals surface area contributed by atoms with Crippen molar-refractivity contribution >= 4 is 5.71 Å². The molecule has 0 saturated heterocycles. The molecule has 0 spiro atoms. The molecular weight excluding hydrogens is 162 g/mol. The molecular formula is C11H19NO. The normalized spacial score (nSPS) is 45.5. The first-order chi connectivity index (χ1) is 6.02. The second-order valence-electron chi connectivity index (χ2n) is 5.37. The number of oxime groups is 1. The number of hydrogen-bond donors (Lipinski definition) is 1. The molecule has 0 radical (unpaired) electrons. The second-order valence-corrected chi connectivity index (χ2v) is 5.37. The van der Waals surface area contributed by atoms with Crippen LogP contribution in [0.4, 0.5) is 0 Å². The molecule has 13 heavy (non-hydrogen) atoms. The summed E-state index contributed by atoms with van der Waals surface area (Å²) in [6.45, 7) is 6.92. The van der Waals surface area contributed by atoms with Crippen LogP contribution < -0.4 is 0 Å². The van der Waals surface area contributed by atoms with Crippen molar-refractivity contribution in [3.8, 4) is 0 Å². The van der Waals surface area contributed by atoms with Gasteiger partial charge in [-0.1, -0.05) is 25.9 Å². The number of nitrogens with zero attached hydrogens (tertiary/aromatic N) is 1. The summed E-state index contributed by atoms with van der Waals surface area (Å²) in [5, 5.41) is 12.5. The van der Waals surface area contributed by atoms with E-state index in [1.54, 1.807) is 0 Å². The van der Waals surface area contributed by atoms with E-state index in [9.17, 15) is 0 Å². The molecule has 2 nitrogen and oxygen atoms in total. The molecule has 0 aromatic rings. The van der Waals surface area contributed by atoms with Gasteiger partial charge in [-0.3, -0.25) is 0 Å². The molecule has 74 valence electrons. The van der Waals surface area contributed by atoms with Gasteiger partial charge in [0, 0.05) is 5.41 Å². The van der Waals surface area contributed by atoms with Gasteiger partial charge in [-0.25, -0.2) is 0 Å². The summed E-state index contributed by atoms with van der Waals surface area (Å²) in [6, 6.07) is 0. The summed E-state index contributed by atoms with van der Waals surface area (Å²) >= 11 is 0. The number of hydrogen-bond acceptors (Lipinski definition) is 2. The van der Waals surface area contributed by atoms with Crippen LogP contribution in [0.2, 0.25) is 0 Å². The highest BCUT2D eigenvalue weighted by molar-refractivity contribution is 5.91. The third kappa shape index (κ3) is 0.918. The zero-order chi connectivity index (χ0) is 9.69. The Bertz CT molecular complexity index is 257. The fourth-order valence-electron chi connectivity index (χ4n) is 3.36. The lowest BCUT2D eigenvalue weighted by Gasteiger charge is -2.46. The molecule has 2 rings (SSSR count). The fraction of sp³-hybridized carbons (Fsp3) is 0.909. The quantitative estimate of drug-likeness (QED) is 0.452. The maximum absolute atomic E-state index is 9.00. The van der Waals surface area contributed by atoms with E-state index in [-0.39, 0.29) is 5.41 Å². The van der Waals surface area contributed by atoms with Crippen LogP contribution in [0, 0.1) is 16.7 Å². The minimum atomic E-state index is 0.157. The van der Waals surface area contributed by atoms with E-state index in [1.807, 2.05) is 0 Å². The van der Waals surface area contributed by atoms with Crippen LogP contribution in [0.3, 0.4) is 0 Å². The molecule has 2 aliphatic rings. The molecule has 0 aliphatic heterocycles. The van der Waals surface area contributed by atoms with Gasteiger partial charge in [-0.05, 0) is 37.0 Å². The fourth-order valence-corrected chi connectivity index (χ4v) is 3.36. The third-order valence-corrected chi connectivity index (χ3v) is 4.92. The summed E-state index contributed by atoms with van der Waals surface area (Å²) in [5.74, 6) is 0.836. The zero-order valence-electron chi connectivity index (χ0n) is 8.80. The van der Waals surface area contributed by atoms with E-state index in [2.05, 4.69) is 25.9 Å². The Hall–Kier alpha value is -0.530. The highest BCUT2D eigenvalue weighted by atomic mass is 16.4.